The minimum Gasteiger partial charge on any atom is -0.511 e. The van der Waals surface area contributed by atoms with Gasteiger partial charge in [-0.25, -0.2) is 0 Å². The molecule has 0 saturated heterocycles. The lowest BCUT2D eigenvalue weighted by molar-refractivity contribution is -0.127. The van der Waals surface area contributed by atoms with E-state index in [9.17, 15) is 34.5 Å². The Morgan fingerprint density at radius 2 is 1.89 bits per heavy atom. The van der Waals surface area contributed by atoms with Crippen LogP contribution in [0.4, 0.5) is 5.69 Å². The predicted molar refractivity (Wildman–Crippen MR) is 127 cm³/mol. The van der Waals surface area contributed by atoms with Crippen molar-refractivity contribution in [3.8, 4) is 17.0 Å². The number of fused-ring (bicyclic) bond motifs is 3. The highest BCUT2D eigenvalue weighted by Gasteiger charge is 2.51. The number of Topliss-reactive ketones (excluding diaryl/α,β-unsaturated/α-hetero) is 2. The third-order valence-electron chi connectivity index (χ3n) is 7.14. The molecule has 3 aliphatic rings. The summed E-state index contributed by atoms with van der Waals surface area (Å²) in [4.78, 5) is 54.0. The molecule has 10 heteroatoms. The van der Waals surface area contributed by atoms with E-state index >= 15 is 0 Å². The van der Waals surface area contributed by atoms with Gasteiger partial charge in [0.25, 0.3) is 5.91 Å². The number of hydrogen-bond donors (Lipinski definition) is 5. The van der Waals surface area contributed by atoms with Crippen molar-refractivity contribution >= 4 is 34.8 Å². The Balaban J connectivity index is 1.72. The number of aromatic hydroxyl groups is 1. The number of allylic oxidation sites excluding steroid dienone is 2. The fourth-order valence-electron chi connectivity index (χ4n) is 5.74. The standard InChI is InChI=1S/C26H23N3O7/c1-10(30)29-16-9-13(15-4-2-3-5-28-15)14-7-11-6-12-8-17(31)21(26(27)36)25(35)19(12)23(33)18(11)24(34)20(14)22(16)32/h2-5,9,11-12,19,32,34-35H,6-8H2,1H3,(H2,27,36)(H,29,30). The number of aromatic nitrogens is 1. The number of nitrogens with zero attached hydrogens (tertiary/aromatic N) is 1. The molecule has 1 heterocycles. The van der Waals surface area contributed by atoms with Crippen LogP contribution in [0.25, 0.3) is 17.0 Å². The summed E-state index contributed by atoms with van der Waals surface area (Å²) >= 11 is 0. The highest BCUT2D eigenvalue weighted by atomic mass is 16.3. The maximum Gasteiger partial charge on any atom is 0.255 e. The van der Waals surface area contributed by atoms with Gasteiger partial charge in [0.15, 0.2) is 11.6 Å². The molecule has 3 atom stereocenters. The molecule has 1 saturated carbocycles. The van der Waals surface area contributed by atoms with E-state index < -0.39 is 64.0 Å². The summed E-state index contributed by atoms with van der Waals surface area (Å²) < 4.78 is 0. The van der Waals surface area contributed by atoms with Gasteiger partial charge in [0, 0.05) is 30.7 Å². The third kappa shape index (κ3) is 3.44. The lowest BCUT2D eigenvalue weighted by Crippen LogP contribution is -2.44. The van der Waals surface area contributed by atoms with Gasteiger partial charge in [0.1, 0.15) is 22.8 Å². The van der Waals surface area contributed by atoms with E-state index in [0.29, 0.717) is 16.8 Å². The van der Waals surface area contributed by atoms with Crippen LogP contribution in [-0.4, -0.2) is 43.7 Å². The first kappa shape index (κ1) is 23.3. The van der Waals surface area contributed by atoms with Crippen LogP contribution in [0.5, 0.6) is 5.75 Å². The summed E-state index contributed by atoms with van der Waals surface area (Å²) in [5, 5.41) is 35.6. The predicted octanol–water partition coefficient (Wildman–Crippen LogP) is 2.33. The summed E-state index contributed by atoms with van der Waals surface area (Å²) in [7, 11) is 0. The second-order valence-corrected chi connectivity index (χ2v) is 9.32. The normalized spacial score (nSPS) is 23.1. The number of primary amides is 1. The molecule has 184 valence electrons. The number of amides is 2. The van der Waals surface area contributed by atoms with Crippen molar-refractivity contribution in [3.05, 3.63) is 58.5 Å². The summed E-state index contributed by atoms with van der Waals surface area (Å²) in [6, 6.07) is 6.83. The van der Waals surface area contributed by atoms with Crippen LogP contribution in [0.15, 0.2) is 47.4 Å². The number of aliphatic hydroxyl groups is 2. The fourth-order valence-corrected chi connectivity index (χ4v) is 5.74. The van der Waals surface area contributed by atoms with Crippen molar-refractivity contribution in [2.45, 2.75) is 26.2 Å². The first-order chi connectivity index (χ1) is 17.1. The lowest BCUT2D eigenvalue weighted by Gasteiger charge is -2.41. The van der Waals surface area contributed by atoms with E-state index in [-0.39, 0.29) is 36.1 Å². The van der Waals surface area contributed by atoms with E-state index in [1.807, 2.05) is 0 Å². The maximum absolute atomic E-state index is 13.6. The average molecular weight is 489 g/mol. The number of phenolic OH excluding ortho intramolecular Hbond substituents is 1. The Kier molecular flexibility index (Phi) is 5.39. The molecule has 0 spiro atoms. The Morgan fingerprint density at radius 1 is 1.14 bits per heavy atom. The maximum atomic E-state index is 13.6. The van der Waals surface area contributed by atoms with E-state index in [1.165, 1.54) is 6.92 Å². The van der Waals surface area contributed by atoms with E-state index in [4.69, 9.17) is 5.73 Å². The molecule has 1 fully saturated rings. The van der Waals surface area contributed by atoms with Crippen molar-refractivity contribution in [1.29, 1.82) is 0 Å². The largest absolute Gasteiger partial charge is 0.511 e. The highest BCUT2D eigenvalue weighted by molar-refractivity contribution is 6.21. The molecule has 3 unspecified atom stereocenters. The van der Waals surface area contributed by atoms with E-state index in [2.05, 4.69) is 10.3 Å². The molecule has 2 aromatic rings. The highest BCUT2D eigenvalue weighted by Crippen LogP contribution is 2.52. The van der Waals surface area contributed by atoms with Crippen LogP contribution < -0.4 is 11.1 Å². The zero-order valence-electron chi connectivity index (χ0n) is 19.2. The molecule has 1 aromatic heterocycles. The monoisotopic (exact) mass is 489 g/mol. The van der Waals surface area contributed by atoms with E-state index in [1.54, 1.807) is 30.5 Å². The number of nitrogens with two attached hydrogens (primary N) is 1. The quantitative estimate of drug-likeness (QED) is 0.322. The summed E-state index contributed by atoms with van der Waals surface area (Å²) in [6.45, 7) is 1.27. The molecule has 10 nitrogen and oxygen atoms in total. The van der Waals surface area contributed by atoms with Crippen molar-refractivity contribution < 1.29 is 34.5 Å². The number of benzene rings is 1. The smallest absolute Gasteiger partial charge is 0.255 e. The Hall–Kier alpha value is -4.47. The second kappa shape index (κ2) is 8.33. The summed E-state index contributed by atoms with van der Waals surface area (Å²) in [6.07, 6.45) is 1.98. The zero-order chi connectivity index (χ0) is 25.9. The number of carbonyl (C=O) groups is 4. The molecule has 36 heavy (non-hydrogen) atoms. The molecule has 2 amide bonds. The van der Waals surface area contributed by atoms with Crippen LogP contribution in [0.1, 0.15) is 30.9 Å². The van der Waals surface area contributed by atoms with Crippen molar-refractivity contribution in [2.24, 2.45) is 23.5 Å². The number of rotatable bonds is 3. The number of pyridine rings is 1. The number of hydrogen-bond acceptors (Lipinski definition) is 8. The first-order valence-corrected chi connectivity index (χ1v) is 11.4. The van der Waals surface area contributed by atoms with Crippen LogP contribution in [0, 0.1) is 17.8 Å². The number of nitrogens with one attached hydrogen (secondary N) is 1. The minimum atomic E-state index is -1.20. The number of phenols is 1. The van der Waals surface area contributed by atoms with E-state index in [0.717, 1.165) is 0 Å². The Morgan fingerprint density at radius 3 is 2.53 bits per heavy atom. The van der Waals surface area contributed by atoms with Crippen LogP contribution in [-0.2, 0) is 25.6 Å². The van der Waals surface area contributed by atoms with Crippen molar-refractivity contribution in [1.82, 2.24) is 4.98 Å². The number of ketones is 2. The second-order valence-electron chi connectivity index (χ2n) is 9.32. The Bertz CT molecular complexity index is 1420. The molecule has 1 aromatic carbocycles. The van der Waals surface area contributed by atoms with Gasteiger partial charge in [-0.3, -0.25) is 24.2 Å². The average Bonchev–Trinajstić information content (AvgIpc) is 2.80. The minimum absolute atomic E-state index is 0.00397. The molecule has 0 bridgehead atoms. The van der Waals surface area contributed by atoms with Gasteiger partial charge in [0.05, 0.1) is 22.9 Å². The summed E-state index contributed by atoms with van der Waals surface area (Å²) in [5.74, 6) is -6.64. The van der Waals surface area contributed by atoms with Gasteiger partial charge in [-0.1, -0.05) is 6.07 Å². The zero-order valence-corrected chi connectivity index (χ0v) is 19.2. The fraction of sp³-hybridized carbons (Fsp3) is 0.269. The molecule has 5 rings (SSSR count). The van der Waals surface area contributed by atoms with Gasteiger partial charge in [-0.15, -0.1) is 0 Å². The topological polar surface area (TPSA) is 180 Å². The molecule has 0 radical (unpaired) electrons. The molecule has 3 aliphatic carbocycles. The van der Waals surface area contributed by atoms with Crippen molar-refractivity contribution in [2.75, 3.05) is 5.32 Å². The van der Waals surface area contributed by atoms with Gasteiger partial charge >= 0.3 is 0 Å². The number of carbonyl (C=O) groups excluding carboxylic acids is 4. The van der Waals surface area contributed by atoms with Gasteiger partial charge in [-0.2, -0.15) is 0 Å². The molecule has 6 N–H and O–H groups in total. The van der Waals surface area contributed by atoms with Gasteiger partial charge < -0.3 is 26.4 Å². The third-order valence-corrected chi connectivity index (χ3v) is 7.14. The molecule has 0 aliphatic heterocycles. The van der Waals surface area contributed by atoms with Crippen molar-refractivity contribution in [3.63, 3.8) is 0 Å². The van der Waals surface area contributed by atoms with Crippen LogP contribution >= 0.6 is 0 Å². The molecular formula is C26H23N3O7. The first-order valence-electron chi connectivity index (χ1n) is 11.4. The number of anilines is 1. The van der Waals surface area contributed by atoms with Crippen LogP contribution in [0.3, 0.4) is 0 Å². The SMILES string of the molecule is CC(=O)Nc1cc(-c2ccccn2)c2c(c1O)C(O)=C1C(=O)C3C(O)=C(C(N)=O)C(=O)CC3CC1C2. The van der Waals surface area contributed by atoms with Gasteiger partial charge in [0.2, 0.25) is 5.91 Å². The molecular weight excluding hydrogens is 466 g/mol. The summed E-state index contributed by atoms with van der Waals surface area (Å²) in [5.41, 5.74) is 6.33. The Labute approximate surface area is 205 Å². The lowest BCUT2D eigenvalue weighted by atomic mass is 9.61. The number of aliphatic hydroxyl groups excluding tert-OH is 2. The van der Waals surface area contributed by atoms with Gasteiger partial charge in [-0.05, 0) is 48.4 Å². The van der Waals surface area contributed by atoms with Crippen LogP contribution in [0.2, 0.25) is 0 Å².